The van der Waals surface area contributed by atoms with Crippen LogP contribution in [0.15, 0.2) is 24.3 Å². The number of alkyl halides is 3. The van der Waals surface area contributed by atoms with Crippen molar-refractivity contribution in [2.45, 2.75) is 37.9 Å². The molecule has 1 N–H and O–H groups in total. The van der Waals surface area contributed by atoms with E-state index in [4.69, 9.17) is 21.1 Å². The van der Waals surface area contributed by atoms with Crippen molar-refractivity contribution in [3.8, 4) is 6.01 Å². The lowest BCUT2D eigenvalue weighted by Gasteiger charge is -2.39. The van der Waals surface area contributed by atoms with Crippen LogP contribution in [-0.4, -0.2) is 41.8 Å². The van der Waals surface area contributed by atoms with E-state index in [1.807, 2.05) is 23.1 Å². The normalized spacial score (nSPS) is 21.3. The number of benzene rings is 1. The summed E-state index contributed by atoms with van der Waals surface area (Å²) in [6, 6.07) is 6.24. The van der Waals surface area contributed by atoms with Crippen LogP contribution in [0.5, 0.6) is 6.01 Å². The van der Waals surface area contributed by atoms with Crippen molar-refractivity contribution in [1.29, 1.82) is 0 Å². The number of aromatic amines is 1. The highest BCUT2D eigenvalue weighted by Gasteiger charge is 2.38. The maximum absolute atomic E-state index is 13.5. The molecule has 0 spiro atoms. The summed E-state index contributed by atoms with van der Waals surface area (Å²) < 4.78 is 51.3. The monoisotopic (exact) mass is 480 g/mol. The van der Waals surface area contributed by atoms with Crippen molar-refractivity contribution >= 4 is 28.3 Å². The molecule has 1 saturated heterocycles. The first-order valence-corrected chi connectivity index (χ1v) is 11.4. The fourth-order valence-corrected chi connectivity index (χ4v) is 5.14. The molecule has 0 bridgehead atoms. The van der Waals surface area contributed by atoms with Crippen LogP contribution >= 0.6 is 11.6 Å². The van der Waals surface area contributed by atoms with Crippen LogP contribution in [-0.2, 0) is 17.3 Å². The number of H-pyrrole nitrogens is 1. The van der Waals surface area contributed by atoms with Crippen LogP contribution in [0.25, 0.3) is 10.9 Å². The van der Waals surface area contributed by atoms with Gasteiger partial charge in [-0.15, -0.1) is 0 Å². The van der Waals surface area contributed by atoms with Crippen molar-refractivity contribution in [1.82, 2.24) is 15.0 Å². The molecular formula is C23H24ClF3N4O2. The largest absolute Gasteiger partial charge is 0.467 e. The van der Waals surface area contributed by atoms with E-state index in [2.05, 4.69) is 15.0 Å². The average molecular weight is 481 g/mol. The molecule has 2 aliphatic rings. The molecule has 2 atom stereocenters. The van der Waals surface area contributed by atoms with E-state index in [0.717, 1.165) is 54.1 Å². The van der Waals surface area contributed by atoms with Crippen LogP contribution in [0.4, 0.5) is 19.0 Å². The Morgan fingerprint density at radius 1 is 1.27 bits per heavy atom. The summed E-state index contributed by atoms with van der Waals surface area (Å²) >= 11 is 6.25. The van der Waals surface area contributed by atoms with E-state index in [1.54, 1.807) is 0 Å². The minimum Gasteiger partial charge on any atom is -0.467 e. The number of nitrogens with one attached hydrogen (secondary N) is 1. The van der Waals surface area contributed by atoms with Crippen molar-refractivity contribution in [3.05, 3.63) is 46.2 Å². The third-order valence-electron chi connectivity index (χ3n) is 6.48. The molecule has 10 heteroatoms. The van der Waals surface area contributed by atoms with Gasteiger partial charge < -0.3 is 19.4 Å². The van der Waals surface area contributed by atoms with Gasteiger partial charge in [-0.3, -0.25) is 0 Å². The van der Waals surface area contributed by atoms with Gasteiger partial charge in [0.1, 0.15) is 5.82 Å². The van der Waals surface area contributed by atoms with Gasteiger partial charge in [-0.25, -0.2) is 0 Å². The Labute approximate surface area is 194 Å². The Morgan fingerprint density at radius 3 is 2.85 bits per heavy atom. The summed E-state index contributed by atoms with van der Waals surface area (Å²) in [4.78, 5) is 13.3. The van der Waals surface area contributed by atoms with Gasteiger partial charge in [0.05, 0.1) is 13.2 Å². The van der Waals surface area contributed by atoms with E-state index >= 15 is 0 Å². The Balaban J connectivity index is 1.60. The minimum atomic E-state index is -4.60. The van der Waals surface area contributed by atoms with Gasteiger partial charge in [-0.1, -0.05) is 11.6 Å². The summed E-state index contributed by atoms with van der Waals surface area (Å²) in [6.07, 6.45) is -1.21. The summed E-state index contributed by atoms with van der Waals surface area (Å²) in [5, 5.41) is 1.71. The summed E-state index contributed by atoms with van der Waals surface area (Å²) in [7, 11) is 1.27. The molecule has 1 fully saturated rings. The number of halogens is 4. The number of hydrogen-bond acceptors (Lipinski definition) is 5. The fourth-order valence-electron chi connectivity index (χ4n) is 4.96. The average Bonchev–Trinajstić information content (AvgIpc) is 3.17. The van der Waals surface area contributed by atoms with Gasteiger partial charge in [0.2, 0.25) is 0 Å². The van der Waals surface area contributed by atoms with Crippen LogP contribution in [0.1, 0.15) is 42.3 Å². The number of ether oxygens (including phenoxy) is 2. The van der Waals surface area contributed by atoms with Crippen LogP contribution in [0.3, 0.4) is 0 Å². The first-order chi connectivity index (χ1) is 15.8. The maximum Gasteiger partial charge on any atom is 0.433 e. The van der Waals surface area contributed by atoms with Crippen LogP contribution in [0.2, 0.25) is 5.02 Å². The molecule has 33 heavy (non-hydrogen) atoms. The lowest BCUT2D eigenvalue weighted by molar-refractivity contribution is -0.141. The zero-order valence-electron chi connectivity index (χ0n) is 18.1. The second kappa shape index (κ2) is 8.68. The molecule has 0 amide bonds. The molecule has 0 radical (unpaired) electrons. The minimum absolute atomic E-state index is 0.188. The lowest BCUT2D eigenvalue weighted by Crippen LogP contribution is -2.38. The lowest BCUT2D eigenvalue weighted by atomic mass is 9.88. The molecule has 3 aromatic rings. The molecule has 5 rings (SSSR count). The molecular weight excluding hydrogens is 457 g/mol. The number of hydrogen-bond donors (Lipinski definition) is 1. The van der Waals surface area contributed by atoms with Crippen molar-refractivity contribution in [2.75, 3.05) is 31.8 Å². The standard InChI is InChI=1S/C23H24ClF3N4O2/c1-32-22-29-19(23(25,26)27)11-20(30-22)31-7-6-15-16-10-14(24)4-5-17(16)28-21(15)18(31)9-13-3-2-8-33-12-13/h4-5,10-11,13,18,28H,2-3,6-9,12H2,1H3/t13-,18+/m1/s1. The van der Waals surface area contributed by atoms with Crippen LogP contribution < -0.4 is 9.64 Å². The van der Waals surface area contributed by atoms with Gasteiger partial charge in [-0.2, -0.15) is 23.1 Å². The summed E-state index contributed by atoms with van der Waals surface area (Å²) in [5.41, 5.74) is 2.10. The van der Waals surface area contributed by atoms with Gasteiger partial charge in [0, 0.05) is 47.4 Å². The molecule has 2 aliphatic heterocycles. The second-order valence-electron chi connectivity index (χ2n) is 8.58. The Bertz CT molecular complexity index is 1160. The number of aromatic nitrogens is 3. The topological polar surface area (TPSA) is 63.3 Å². The van der Waals surface area contributed by atoms with Gasteiger partial charge in [-0.05, 0) is 55.4 Å². The van der Waals surface area contributed by atoms with Crippen molar-refractivity contribution in [2.24, 2.45) is 5.92 Å². The third-order valence-corrected chi connectivity index (χ3v) is 6.72. The number of methoxy groups -OCH3 is 1. The molecule has 6 nitrogen and oxygen atoms in total. The van der Waals surface area contributed by atoms with Crippen molar-refractivity contribution in [3.63, 3.8) is 0 Å². The van der Waals surface area contributed by atoms with Gasteiger partial charge in [0.15, 0.2) is 5.69 Å². The molecule has 1 aromatic carbocycles. The number of anilines is 1. The highest BCUT2D eigenvalue weighted by atomic mass is 35.5. The van der Waals surface area contributed by atoms with Crippen LogP contribution in [0, 0.1) is 5.92 Å². The second-order valence-corrected chi connectivity index (χ2v) is 9.02. The fraction of sp³-hybridized carbons (Fsp3) is 0.478. The highest BCUT2D eigenvalue weighted by Crippen LogP contribution is 2.42. The molecule has 0 saturated carbocycles. The first kappa shape index (κ1) is 22.3. The Kier molecular flexibility index (Phi) is 5.86. The van der Waals surface area contributed by atoms with E-state index in [0.29, 0.717) is 30.5 Å². The zero-order chi connectivity index (χ0) is 23.2. The number of rotatable bonds is 4. The Hall–Kier alpha value is -2.52. The SMILES string of the molecule is COc1nc(N2CCc3c([nH]c4ccc(Cl)cc34)[C@@H]2C[C@H]2CCCOC2)cc(C(F)(F)F)n1. The maximum atomic E-state index is 13.5. The van der Waals surface area contributed by atoms with E-state index in [-0.39, 0.29) is 17.9 Å². The molecule has 2 aromatic heterocycles. The molecule has 176 valence electrons. The van der Waals surface area contributed by atoms with E-state index in [9.17, 15) is 13.2 Å². The molecule has 4 heterocycles. The number of fused-ring (bicyclic) bond motifs is 3. The Morgan fingerprint density at radius 2 is 2.12 bits per heavy atom. The third kappa shape index (κ3) is 4.36. The van der Waals surface area contributed by atoms with E-state index in [1.165, 1.54) is 7.11 Å². The smallest absolute Gasteiger partial charge is 0.433 e. The summed E-state index contributed by atoms with van der Waals surface area (Å²) in [6.45, 7) is 1.91. The predicted octanol–water partition coefficient (Wildman–Crippen LogP) is 5.56. The first-order valence-electron chi connectivity index (χ1n) is 11.0. The van der Waals surface area contributed by atoms with Crippen molar-refractivity contribution < 1.29 is 22.6 Å². The van der Waals surface area contributed by atoms with Gasteiger partial charge >= 0.3 is 12.2 Å². The quantitative estimate of drug-likeness (QED) is 0.529. The predicted molar refractivity (Wildman–Crippen MR) is 119 cm³/mol. The zero-order valence-corrected chi connectivity index (χ0v) is 18.8. The summed E-state index contributed by atoms with van der Waals surface area (Å²) in [5.74, 6) is 0.510. The number of nitrogens with zero attached hydrogens (tertiary/aromatic N) is 3. The van der Waals surface area contributed by atoms with E-state index < -0.39 is 11.9 Å². The molecule has 0 aliphatic carbocycles. The molecule has 0 unspecified atom stereocenters. The highest BCUT2D eigenvalue weighted by molar-refractivity contribution is 6.31. The van der Waals surface area contributed by atoms with Gasteiger partial charge in [0.25, 0.3) is 0 Å².